The number of halogens is 1. The monoisotopic (exact) mass is 183 g/mol. The van der Waals surface area contributed by atoms with Gasteiger partial charge in [-0.25, -0.2) is 4.42 Å². The first-order valence-corrected chi connectivity index (χ1v) is 4.34. The maximum absolute atomic E-state index is 5.94. The standard InChI is InChI=1S/C10H14ClN/c1-10(2,12(3)11)9-7-5-4-6-8-9/h4-8H,1-3H3. The van der Waals surface area contributed by atoms with Gasteiger partial charge in [0.1, 0.15) is 0 Å². The first kappa shape index (κ1) is 9.56. The van der Waals surface area contributed by atoms with Crippen molar-refractivity contribution in [3.05, 3.63) is 35.9 Å². The Hall–Kier alpha value is -0.530. The van der Waals surface area contributed by atoms with Crippen molar-refractivity contribution in [2.45, 2.75) is 19.4 Å². The smallest absolute Gasteiger partial charge is 0.0551 e. The van der Waals surface area contributed by atoms with Gasteiger partial charge in [0.2, 0.25) is 0 Å². The second-order valence-electron chi connectivity index (χ2n) is 3.40. The first-order valence-electron chi connectivity index (χ1n) is 4.00. The summed E-state index contributed by atoms with van der Waals surface area (Å²) < 4.78 is 1.70. The number of rotatable bonds is 2. The van der Waals surface area contributed by atoms with Crippen LogP contribution in [0.2, 0.25) is 0 Å². The molecule has 1 aromatic carbocycles. The van der Waals surface area contributed by atoms with E-state index in [4.69, 9.17) is 11.8 Å². The molecule has 0 spiro atoms. The highest BCUT2D eigenvalue weighted by atomic mass is 35.5. The summed E-state index contributed by atoms with van der Waals surface area (Å²) in [7, 11) is 1.87. The molecule has 0 heterocycles. The molecule has 12 heavy (non-hydrogen) atoms. The largest absolute Gasteiger partial charge is 0.213 e. The van der Waals surface area contributed by atoms with Crippen LogP contribution in [0.5, 0.6) is 0 Å². The van der Waals surface area contributed by atoms with E-state index in [0.29, 0.717) is 0 Å². The van der Waals surface area contributed by atoms with E-state index in [1.54, 1.807) is 4.42 Å². The first-order chi connectivity index (χ1) is 5.55. The Kier molecular flexibility index (Phi) is 2.76. The van der Waals surface area contributed by atoms with Crippen LogP contribution in [0.4, 0.5) is 0 Å². The van der Waals surface area contributed by atoms with Gasteiger partial charge >= 0.3 is 0 Å². The normalized spacial score (nSPS) is 12.1. The Bertz CT molecular complexity index is 241. The minimum Gasteiger partial charge on any atom is -0.213 e. The molecule has 0 unspecified atom stereocenters. The molecule has 2 heteroatoms. The predicted molar refractivity (Wildman–Crippen MR) is 53.1 cm³/mol. The Balaban J connectivity index is 2.98. The second-order valence-corrected chi connectivity index (χ2v) is 3.91. The summed E-state index contributed by atoms with van der Waals surface area (Å²) in [6, 6.07) is 10.2. The molecule has 1 aromatic rings. The topological polar surface area (TPSA) is 3.24 Å². The number of benzene rings is 1. The maximum Gasteiger partial charge on any atom is 0.0551 e. The van der Waals surface area contributed by atoms with Crippen molar-refractivity contribution in [2.75, 3.05) is 7.05 Å². The average Bonchev–Trinajstić information content (AvgIpc) is 2.06. The van der Waals surface area contributed by atoms with Crippen molar-refractivity contribution in [3.8, 4) is 0 Å². The summed E-state index contributed by atoms with van der Waals surface area (Å²) in [6.45, 7) is 4.19. The summed E-state index contributed by atoms with van der Waals surface area (Å²) in [5.41, 5.74) is 1.12. The van der Waals surface area contributed by atoms with Crippen LogP contribution in [0.1, 0.15) is 19.4 Å². The van der Waals surface area contributed by atoms with E-state index in [-0.39, 0.29) is 5.54 Å². The summed E-state index contributed by atoms with van der Waals surface area (Å²) >= 11 is 5.94. The summed E-state index contributed by atoms with van der Waals surface area (Å²) in [4.78, 5) is 0. The molecule has 0 saturated heterocycles. The van der Waals surface area contributed by atoms with Gasteiger partial charge in [-0.3, -0.25) is 0 Å². The third kappa shape index (κ3) is 1.79. The molecule has 0 aromatic heterocycles. The fraction of sp³-hybridized carbons (Fsp3) is 0.400. The molecular formula is C10H14ClN. The van der Waals surface area contributed by atoms with Crippen molar-refractivity contribution < 1.29 is 0 Å². The maximum atomic E-state index is 5.94. The van der Waals surface area contributed by atoms with E-state index in [1.807, 2.05) is 25.2 Å². The lowest BCUT2D eigenvalue weighted by Crippen LogP contribution is -2.31. The van der Waals surface area contributed by atoms with Crippen LogP contribution >= 0.6 is 11.8 Å². The molecular weight excluding hydrogens is 170 g/mol. The molecule has 0 saturated carbocycles. The lowest BCUT2D eigenvalue weighted by atomic mass is 9.95. The molecule has 0 radical (unpaired) electrons. The van der Waals surface area contributed by atoms with E-state index in [2.05, 4.69) is 26.0 Å². The zero-order chi connectivity index (χ0) is 9.19. The highest BCUT2D eigenvalue weighted by molar-refractivity contribution is 6.13. The van der Waals surface area contributed by atoms with Gasteiger partial charge in [-0.2, -0.15) is 0 Å². The number of nitrogens with zero attached hydrogens (tertiary/aromatic N) is 1. The Morgan fingerprint density at radius 1 is 1.17 bits per heavy atom. The molecule has 0 N–H and O–H groups in total. The quantitative estimate of drug-likeness (QED) is 0.638. The van der Waals surface area contributed by atoms with E-state index >= 15 is 0 Å². The highest BCUT2D eigenvalue weighted by Crippen LogP contribution is 2.27. The lowest BCUT2D eigenvalue weighted by Gasteiger charge is -2.30. The predicted octanol–water partition coefficient (Wildman–Crippen LogP) is 3.01. The van der Waals surface area contributed by atoms with Crippen LogP contribution in [-0.4, -0.2) is 11.5 Å². The second kappa shape index (κ2) is 3.46. The van der Waals surface area contributed by atoms with Crippen molar-refractivity contribution >= 4 is 11.8 Å². The number of hydrogen-bond donors (Lipinski definition) is 0. The van der Waals surface area contributed by atoms with Crippen molar-refractivity contribution in [3.63, 3.8) is 0 Å². The van der Waals surface area contributed by atoms with Crippen LogP contribution in [-0.2, 0) is 5.54 Å². The van der Waals surface area contributed by atoms with E-state index < -0.39 is 0 Å². The Labute approximate surface area is 79.1 Å². The molecule has 0 amide bonds. The van der Waals surface area contributed by atoms with Gasteiger partial charge in [-0.05, 0) is 31.2 Å². The molecule has 1 nitrogen and oxygen atoms in total. The Morgan fingerprint density at radius 2 is 1.67 bits per heavy atom. The third-order valence-corrected chi connectivity index (χ3v) is 2.67. The van der Waals surface area contributed by atoms with Crippen molar-refractivity contribution in [2.24, 2.45) is 0 Å². The Morgan fingerprint density at radius 3 is 2.08 bits per heavy atom. The van der Waals surface area contributed by atoms with Gasteiger partial charge in [-0.1, -0.05) is 30.3 Å². The summed E-state index contributed by atoms with van der Waals surface area (Å²) in [6.07, 6.45) is 0. The fourth-order valence-electron chi connectivity index (χ4n) is 1.02. The van der Waals surface area contributed by atoms with Crippen LogP contribution < -0.4 is 0 Å². The number of hydrogen-bond acceptors (Lipinski definition) is 1. The van der Waals surface area contributed by atoms with Crippen molar-refractivity contribution in [1.82, 2.24) is 4.42 Å². The van der Waals surface area contributed by atoms with Crippen LogP contribution in [0.25, 0.3) is 0 Å². The molecule has 66 valence electrons. The van der Waals surface area contributed by atoms with Gasteiger partial charge in [0.25, 0.3) is 0 Å². The third-order valence-electron chi connectivity index (χ3n) is 2.25. The SMILES string of the molecule is CN(Cl)C(C)(C)c1ccccc1. The fourth-order valence-corrected chi connectivity index (χ4v) is 1.12. The summed E-state index contributed by atoms with van der Waals surface area (Å²) in [5.74, 6) is 0. The van der Waals surface area contributed by atoms with Crippen molar-refractivity contribution in [1.29, 1.82) is 0 Å². The van der Waals surface area contributed by atoms with Gasteiger partial charge < -0.3 is 0 Å². The molecule has 0 aliphatic heterocycles. The molecule has 0 aliphatic rings. The molecule has 0 aliphatic carbocycles. The van der Waals surface area contributed by atoms with Crippen LogP contribution in [0.3, 0.4) is 0 Å². The van der Waals surface area contributed by atoms with Gasteiger partial charge in [0.05, 0.1) is 5.54 Å². The van der Waals surface area contributed by atoms with Crippen LogP contribution in [0, 0.1) is 0 Å². The van der Waals surface area contributed by atoms with E-state index in [1.165, 1.54) is 5.56 Å². The highest BCUT2D eigenvalue weighted by Gasteiger charge is 2.23. The van der Waals surface area contributed by atoms with E-state index in [0.717, 1.165) is 0 Å². The average molecular weight is 184 g/mol. The lowest BCUT2D eigenvalue weighted by molar-refractivity contribution is 0.284. The van der Waals surface area contributed by atoms with Gasteiger partial charge in [0, 0.05) is 7.05 Å². The zero-order valence-corrected chi connectivity index (χ0v) is 8.47. The van der Waals surface area contributed by atoms with E-state index in [9.17, 15) is 0 Å². The summed E-state index contributed by atoms with van der Waals surface area (Å²) in [5, 5.41) is 0. The van der Waals surface area contributed by atoms with Crippen LogP contribution in [0.15, 0.2) is 30.3 Å². The molecule has 0 fully saturated rings. The molecule has 0 bridgehead atoms. The van der Waals surface area contributed by atoms with Gasteiger partial charge in [0.15, 0.2) is 0 Å². The zero-order valence-electron chi connectivity index (χ0n) is 7.71. The minimum atomic E-state index is -0.108. The van der Waals surface area contributed by atoms with Gasteiger partial charge in [-0.15, -0.1) is 0 Å². The molecule has 1 rings (SSSR count). The minimum absolute atomic E-state index is 0.108. The molecule has 0 atom stereocenters.